The van der Waals surface area contributed by atoms with Crippen molar-refractivity contribution in [1.29, 1.82) is 0 Å². The monoisotopic (exact) mass is 1220 g/mol. The number of hydrogen-bond acceptors (Lipinski definition) is 0. The number of halogens is 12. The number of benzene rings is 4. The summed E-state index contributed by atoms with van der Waals surface area (Å²) in [5, 5.41) is 0. The summed E-state index contributed by atoms with van der Waals surface area (Å²) in [6.07, 6.45) is 13.2. The molecule has 4 aromatic carbocycles. The second kappa shape index (κ2) is 27.9. The van der Waals surface area contributed by atoms with E-state index in [0.717, 1.165) is 101 Å². The molecule has 468 valence electrons. The van der Waals surface area contributed by atoms with Crippen LogP contribution in [-0.4, -0.2) is 21.8 Å². The van der Waals surface area contributed by atoms with Gasteiger partial charge in [-0.3, -0.25) is 0 Å². The van der Waals surface area contributed by atoms with Crippen LogP contribution in [0, 0.1) is 0 Å². The Labute approximate surface area is 507 Å². The molecule has 0 atom stereocenters. The smallest absolute Gasteiger partial charge is 0.418 e. The van der Waals surface area contributed by atoms with Crippen LogP contribution in [0.5, 0.6) is 0 Å². The van der Waals surface area contributed by atoms with Crippen molar-refractivity contribution in [2.24, 2.45) is 0 Å². The highest BCUT2D eigenvalue weighted by molar-refractivity contribution is 6.50. The van der Waals surface area contributed by atoms with Gasteiger partial charge in [0, 0.05) is 36.4 Å². The SMILES string of the molecule is CC(C)(C)c1cc(/C=C/c2ccc(-c3cc(-c4ccc(/C=C/c5cc(C(C)(C)C)[o+]c(C(C)(C)C)c5)cc4)cc(-c4ccc(/C=C/c5cc(C(C)(C)C)[o+]c(C(C)(C)C)c5)cc4)c3)cc2)cc(C(C)(C)C)[o+]1.F[B-](F)(F)F.F[B-](F)(F)F.F[B-](F)(F)F. The molecule has 0 radical (unpaired) electrons. The molecule has 0 fully saturated rings. The summed E-state index contributed by atoms with van der Waals surface area (Å²) < 4.78 is 136. The lowest BCUT2D eigenvalue weighted by molar-refractivity contribution is 0.328. The van der Waals surface area contributed by atoms with Crippen molar-refractivity contribution in [3.05, 3.63) is 195 Å². The molecule has 87 heavy (non-hydrogen) atoms. The predicted octanol–water partition coefficient (Wildman–Crippen LogP) is 24.5. The largest absolute Gasteiger partial charge is 0.673 e. The maximum atomic E-state index is 9.75. The first-order valence-electron chi connectivity index (χ1n) is 28.5. The van der Waals surface area contributed by atoms with E-state index in [0.29, 0.717) is 0 Å². The van der Waals surface area contributed by atoms with Gasteiger partial charge in [0.2, 0.25) is 0 Å². The van der Waals surface area contributed by atoms with Gasteiger partial charge in [0.15, 0.2) is 0 Å². The van der Waals surface area contributed by atoms with E-state index in [1.807, 2.05) is 0 Å². The van der Waals surface area contributed by atoms with E-state index in [-0.39, 0.29) is 32.5 Å². The van der Waals surface area contributed by atoms with Gasteiger partial charge in [-0.2, -0.15) is 0 Å². The van der Waals surface area contributed by atoms with Gasteiger partial charge in [-0.05, 0) is 210 Å². The Morgan fingerprint density at radius 1 is 0.218 bits per heavy atom. The van der Waals surface area contributed by atoms with Crippen LogP contribution in [0.3, 0.4) is 0 Å². The quantitative estimate of drug-likeness (QED) is 0.0821. The fraction of sp³-hybridized carbons (Fsp3) is 0.348. The third-order valence-electron chi connectivity index (χ3n) is 13.0. The molecule has 0 aliphatic heterocycles. The Morgan fingerprint density at radius 2 is 0.356 bits per heavy atom. The minimum atomic E-state index is -6.00. The first-order valence-corrected chi connectivity index (χ1v) is 28.5. The molecule has 0 amide bonds. The molecule has 0 saturated carbocycles. The zero-order valence-corrected chi connectivity index (χ0v) is 53.1. The van der Waals surface area contributed by atoms with Gasteiger partial charge in [-0.1, -0.05) is 109 Å². The van der Waals surface area contributed by atoms with Crippen LogP contribution < -0.4 is 0 Å². The maximum Gasteiger partial charge on any atom is 0.673 e. The van der Waals surface area contributed by atoms with Gasteiger partial charge >= 0.3 is 56.3 Å². The molecule has 3 nitrogen and oxygen atoms in total. The molecule has 0 aliphatic carbocycles. The molecule has 3 aromatic heterocycles. The third-order valence-corrected chi connectivity index (χ3v) is 13.0. The minimum absolute atomic E-state index is 0.100. The molecule has 0 N–H and O–H groups in total. The standard InChI is InChI=1S/C69H81O3.3BF4/c1-64(2,3)58-37-49(38-59(70-58)65(4,5)6)22-19-46-25-31-52(32-26-46)55-43-56(53-33-27-47(28-34-53)20-23-50-39-60(66(7,8)9)71-61(40-50)67(10,11)12)45-57(44-55)54-35-29-48(30-36-54)21-24-51-41-62(68(13,14)15)72-63(42-51)69(16,17)18;3*2-1(3,4)5/h19-45H,1-18H3;;;/q+3;3*-1/b22-19+,23-20+,24-21+;;;. The van der Waals surface area contributed by atoms with Crippen molar-refractivity contribution in [3.8, 4) is 33.4 Å². The average molecular weight is 1220 g/mol. The van der Waals surface area contributed by atoms with E-state index in [9.17, 15) is 51.8 Å². The highest BCUT2D eigenvalue weighted by Gasteiger charge is 2.36. The highest BCUT2D eigenvalue weighted by Crippen LogP contribution is 2.37. The molecular weight excluding hydrogens is 1140 g/mol. The summed E-state index contributed by atoms with van der Waals surface area (Å²) in [6.45, 7) is 39.6. The fourth-order valence-corrected chi connectivity index (χ4v) is 8.14. The Morgan fingerprint density at radius 3 is 0.494 bits per heavy atom. The van der Waals surface area contributed by atoms with Gasteiger partial charge < -0.3 is 51.8 Å². The Kier molecular flexibility index (Phi) is 23.2. The summed E-state index contributed by atoms with van der Waals surface area (Å²) in [5.74, 6) is 5.91. The van der Waals surface area contributed by atoms with Gasteiger partial charge in [-0.15, -0.1) is 0 Å². The topological polar surface area (TPSA) is 33.9 Å². The van der Waals surface area contributed by atoms with Crippen LogP contribution in [-0.2, 0) is 32.5 Å². The fourth-order valence-electron chi connectivity index (χ4n) is 8.14. The molecule has 0 spiro atoms. The average Bonchev–Trinajstić information content (AvgIpc) is 1.10. The second-order valence-electron chi connectivity index (χ2n) is 27.5. The molecule has 0 unspecified atom stereocenters. The van der Waals surface area contributed by atoms with Crippen molar-refractivity contribution >= 4 is 58.2 Å². The van der Waals surface area contributed by atoms with Crippen LogP contribution in [0.4, 0.5) is 51.8 Å². The van der Waals surface area contributed by atoms with Crippen molar-refractivity contribution in [3.63, 3.8) is 0 Å². The Balaban J connectivity index is 0.000000962. The molecule has 7 aromatic rings. The maximum absolute atomic E-state index is 9.75. The van der Waals surface area contributed by atoms with Crippen LogP contribution in [0.1, 0.15) is 193 Å². The molecule has 0 saturated heterocycles. The lowest BCUT2D eigenvalue weighted by atomic mass is 9.88. The summed E-state index contributed by atoms with van der Waals surface area (Å²) >= 11 is 0. The zero-order chi connectivity index (χ0) is 66.1. The van der Waals surface area contributed by atoms with Gasteiger partial charge in [0.05, 0.1) is 32.5 Å². The first kappa shape index (κ1) is 72.4. The van der Waals surface area contributed by atoms with Gasteiger partial charge in [-0.25, -0.2) is 13.3 Å². The van der Waals surface area contributed by atoms with Crippen molar-refractivity contribution in [2.45, 2.75) is 157 Å². The third kappa shape index (κ3) is 26.0. The summed E-state index contributed by atoms with van der Waals surface area (Å²) in [6, 6.07) is 46.8. The highest BCUT2D eigenvalue weighted by atomic mass is 19.5. The molecule has 0 aliphatic rings. The van der Waals surface area contributed by atoms with Crippen molar-refractivity contribution in [1.82, 2.24) is 0 Å². The van der Waals surface area contributed by atoms with Crippen LogP contribution in [0.15, 0.2) is 141 Å². The van der Waals surface area contributed by atoms with E-state index >= 15 is 0 Å². The Hall–Kier alpha value is -7.10. The molecule has 18 heteroatoms. The lowest BCUT2D eigenvalue weighted by Crippen LogP contribution is -2.16. The Bertz CT molecular complexity index is 2990. The van der Waals surface area contributed by atoms with E-state index in [1.54, 1.807) is 0 Å². The molecular formula is C69H81B3F12O3. The number of rotatable bonds is 9. The second-order valence-corrected chi connectivity index (χ2v) is 27.5. The van der Waals surface area contributed by atoms with Crippen LogP contribution in [0.25, 0.3) is 69.8 Å². The molecule has 0 bridgehead atoms. The normalized spacial score (nSPS) is 13.0. The molecule has 3 heterocycles. The lowest BCUT2D eigenvalue weighted by Gasteiger charge is -2.14. The van der Waals surface area contributed by atoms with E-state index in [4.69, 9.17) is 13.3 Å². The van der Waals surface area contributed by atoms with Crippen molar-refractivity contribution in [2.75, 3.05) is 0 Å². The van der Waals surface area contributed by atoms with E-state index in [2.05, 4.69) is 288 Å². The first-order chi connectivity index (χ1) is 39.4. The van der Waals surface area contributed by atoms with E-state index in [1.165, 1.54) is 0 Å². The predicted molar refractivity (Wildman–Crippen MR) is 342 cm³/mol. The summed E-state index contributed by atoms with van der Waals surface area (Å²) in [5.41, 5.74) is 13.2. The van der Waals surface area contributed by atoms with E-state index < -0.39 is 21.8 Å². The van der Waals surface area contributed by atoms with Crippen LogP contribution in [0.2, 0.25) is 0 Å². The summed E-state index contributed by atoms with van der Waals surface area (Å²) in [7, 11) is -18.0. The van der Waals surface area contributed by atoms with Gasteiger partial charge in [0.1, 0.15) is 0 Å². The number of hydrogen-bond donors (Lipinski definition) is 0. The minimum Gasteiger partial charge on any atom is -0.418 e. The molecule has 7 rings (SSSR count). The zero-order valence-electron chi connectivity index (χ0n) is 53.1. The van der Waals surface area contributed by atoms with Crippen LogP contribution >= 0.6 is 0 Å². The van der Waals surface area contributed by atoms with Crippen molar-refractivity contribution < 1.29 is 65.0 Å². The van der Waals surface area contributed by atoms with Gasteiger partial charge in [0.25, 0.3) is 0 Å². The summed E-state index contributed by atoms with van der Waals surface area (Å²) in [4.78, 5) is 0.